The molecule has 2 aromatic carbocycles. The van der Waals surface area contributed by atoms with Gasteiger partial charge in [0.05, 0.1) is 0 Å². The third kappa shape index (κ3) is 4.08. The highest BCUT2D eigenvalue weighted by molar-refractivity contribution is 5.67. The van der Waals surface area contributed by atoms with E-state index in [1.807, 2.05) is 19.1 Å². The molecule has 3 heteroatoms. The highest BCUT2D eigenvalue weighted by Crippen LogP contribution is 2.34. The van der Waals surface area contributed by atoms with Crippen molar-refractivity contribution in [2.45, 2.75) is 59.3 Å². The molecule has 0 aliphatic carbocycles. The Morgan fingerprint density at radius 2 is 0.926 bits per heavy atom. The summed E-state index contributed by atoms with van der Waals surface area (Å²) in [4.78, 5) is 14.2. The van der Waals surface area contributed by atoms with Gasteiger partial charge in [-0.3, -0.25) is 0 Å². The fourth-order valence-corrected chi connectivity index (χ4v) is 3.39. The second-order valence-electron chi connectivity index (χ2n) is 9.12. The summed E-state index contributed by atoms with van der Waals surface area (Å²) in [6.45, 7) is 15.2. The standard InChI is InChI=1S/C24H29N3/c1-16-25-21(17-12-8-10-14-19(17)23(2,3)4)27-22(26-16)18-13-9-11-15-20(18)24(5,6)7/h8-15H,1-7H3. The Morgan fingerprint density at radius 1 is 0.556 bits per heavy atom. The molecule has 0 aliphatic heterocycles. The molecule has 0 saturated heterocycles. The Labute approximate surface area is 162 Å². The minimum absolute atomic E-state index is 0.0145. The molecule has 3 nitrogen and oxygen atoms in total. The first-order valence-electron chi connectivity index (χ1n) is 9.50. The van der Waals surface area contributed by atoms with Gasteiger partial charge in [0.15, 0.2) is 11.6 Å². The van der Waals surface area contributed by atoms with Crippen LogP contribution in [0.3, 0.4) is 0 Å². The molecule has 0 N–H and O–H groups in total. The van der Waals surface area contributed by atoms with Gasteiger partial charge in [0.1, 0.15) is 5.82 Å². The third-order valence-corrected chi connectivity index (χ3v) is 4.70. The summed E-state index contributed by atoms with van der Waals surface area (Å²) >= 11 is 0. The van der Waals surface area contributed by atoms with Gasteiger partial charge < -0.3 is 0 Å². The molecule has 0 unspecified atom stereocenters. The summed E-state index contributed by atoms with van der Waals surface area (Å²) < 4.78 is 0. The number of benzene rings is 2. The molecule has 0 aliphatic rings. The molecule has 140 valence electrons. The summed E-state index contributed by atoms with van der Waals surface area (Å²) in [5.41, 5.74) is 4.66. The molecule has 0 amide bonds. The van der Waals surface area contributed by atoms with Crippen LogP contribution in [-0.4, -0.2) is 15.0 Å². The van der Waals surface area contributed by atoms with Crippen molar-refractivity contribution in [3.8, 4) is 22.8 Å². The second-order valence-corrected chi connectivity index (χ2v) is 9.12. The molecule has 0 saturated carbocycles. The van der Waals surface area contributed by atoms with Crippen molar-refractivity contribution in [2.24, 2.45) is 0 Å². The highest BCUT2D eigenvalue weighted by Gasteiger charge is 2.23. The van der Waals surface area contributed by atoms with Crippen LogP contribution in [0.4, 0.5) is 0 Å². The van der Waals surface area contributed by atoms with Crippen LogP contribution in [0.5, 0.6) is 0 Å². The molecule has 0 bridgehead atoms. The maximum atomic E-state index is 4.90. The first-order chi connectivity index (χ1) is 12.6. The van der Waals surface area contributed by atoms with Crippen LogP contribution < -0.4 is 0 Å². The zero-order valence-corrected chi connectivity index (χ0v) is 17.5. The fraction of sp³-hybridized carbons (Fsp3) is 0.375. The largest absolute Gasteiger partial charge is 0.213 e. The molecular formula is C24H29N3. The zero-order valence-electron chi connectivity index (χ0n) is 17.5. The average Bonchev–Trinajstić information content (AvgIpc) is 2.60. The first-order valence-corrected chi connectivity index (χ1v) is 9.50. The van der Waals surface area contributed by atoms with Gasteiger partial charge >= 0.3 is 0 Å². The van der Waals surface area contributed by atoms with Crippen LogP contribution in [0.25, 0.3) is 22.8 Å². The van der Waals surface area contributed by atoms with Crippen LogP contribution in [0.1, 0.15) is 58.5 Å². The van der Waals surface area contributed by atoms with Gasteiger partial charge in [-0.25, -0.2) is 15.0 Å². The second kappa shape index (κ2) is 6.88. The lowest BCUT2D eigenvalue weighted by Crippen LogP contribution is -2.15. The topological polar surface area (TPSA) is 38.7 Å². The van der Waals surface area contributed by atoms with E-state index in [-0.39, 0.29) is 10.8 Å². The van der Waals surface area contributed by atoms with Gasteiger partial charge in [-0.05, 0) is 28.9 Å². The van der Waals surface area contributed by atoms with Gasteiger partial charge in [-0.15, -0.1) is 0 Å². The summed E-state index contributed by atoms with van der Waals surface area (Å²) in [5, 5.41) is 0. The van der Waals surface area contributed by atoms with Crippen molar-refractivity contribution < 1.29 is 0 Å². The van der Waals surface area contributed by atoms with E-state index < -0.39 is 0 Å². The number of nitrogens with zero attached hydrogens (tertiary/aromatic N) is 3. The summed E-state index contributed by atoms with van der Waals surface area (Å²) in [6, 6.07) is 16.8. The van der Waals surface area contributed by atoms with Crippen molar-refractivity contribution in [3.05, 3.63) is 65.5 Å². The number of hydrogen-bond acceptors (Lipinski definition) is 3. The molecule has 0 radical (unpaired) electrons. The normalized spacial score (nSPS) is 12.3. The first kappa shape index (κ1) is 19.2. The Balaban J connectivity index is 2.23. The fourth-order valence-electron chi connectivity index (χ4n) is 3.39. The monoisotopic (exact) mass is 359 g/mol. The Hall–Kier alpha value is -2.55. The number of hydrogen-bond donors (Lipinski definition) is 0. The van der Waals surface area contributed by atoms with E-state index in [4.69, 9.17) is 4.98 Å². The molecule has 0 fully saturated rings. The summed E-state index contributed by atoms with van der Waals surface area (Å²) in [6.07, 6.45) is 0. The van der Waals surface area contributed by atoms with E-state index in [0.717, 1.165) is 28.6 Å². The van der Waals surface area contributed by atoms with E-state index in [0.29, 0.717) is 0 Å². The van der Waals surface area contributed by atoms with Gasteiger partial charge in [-0.2, -0.15) is 0 Å². The highest BCUT2D eigenvalue weighted by atomic mass is 15.0. The lowest BCUT2D eigenvalue weighted by atomic mass is 9.83. The number of rotatable bonds is 2. The SMILES string of the molecule is Cc1nc(-c2ccccc2C(C)(C)C)nc(-c2ccccc2C(C)(C)C)n1. The van der Waals surface area contributed by atoms with E-state index in [9.17, 15) is 0 Å². The quantitative estimate of drug-likeness (QED) is 0.554. The van der Waals surface area contributed by atoms with Crippen molar-refractivity contribution in [1.82, 2.24) is 15.0 Å². The minimum atomic E-state index is 0.0145. The zero-order chi connectivity index (χ0) is 19.8. The Morgan fingerprint density at radius 3 is 1.30 bits per heavy atom. The summed E-state index contributed by atoms with van der Waals surface area (Å²) in [7, 11) is 0. The van der Waals surface area contributed by atoms with Crippen molar-refractivity contribution in [1.29, 1.82) is 0 Å². The predicted octanol–water partition coefficient (Wildman–Crippen LogP) is 6.11. The molecule has 3 rings (SSSR count). The van der Waals surface area contributed by atoms with Gasteiger partial charge in [-0.1, -0.05) is 90.1 Å². The molecule has 0 atom stereocenters. The molecule has 1 heterocycles. The maximum absolute atomic E-state index is 4.90. The smallest absolute Gasteiger partial charge is 0.163 e. The van der Waals surface area contributed by atoms with Crippen LogP contribution in [0.2, 0.25) is 0 Å². The maximum Gasteiger partial charge on any atom is 0.163 e. The van der Waals surface area contributed by atoms with E-state index in [1.165, 1.54) is 11.1 Å². The minimum Gasteiger partial charge on any atom is -0.213 e. The van der Waals surface area contributed by atoms with Crippen LogP contribution in [0, 0.1) is 6.92 Å². The third-order valence-electron chi connectivity index (χ3n) is 4.70. The van der Waals surface area contributed by atoms with E-state index in [2.05, 4.69) is 87.9 Å². The summed E-state index contributed by atoms with van der Waals surface area (Å²) in [5.74, 6) is 2.22. The van der Waals surface area contributed by atoms with Gasteiger partial charge in [0.2, 0.25) is 0 Å². The van der Waals surface area contributed by atoms with Crippen molar-refractivity contribution in [3.63, 3.8) is 0 Å². The number of aryl methyl sites for hydroxylation is 1. The molecule has 1 aromatic heterocycles. The van der Waals surface area contributed by atoms with E-state index >= 15 is 0 Å². The van der Waals surface area contributed by atoms with Gasteiger partial charge in [0, 0.05) is 11.1 Å². The van der Waals surface area contributed by atoms with E-state index in [1.54, 1.807) is 0 Å². The lowest BCUT2D eigenvalue weighted by Gasteiger charge is -2.23. The number of aromatic nitrogens is 3. The predicted molar refractivity (Wildman–Crippen MR) is 113 cm³/mol. The Bertz CT molecular complexity index is 884. The van der Waals surface area contributed by atoms with Crippen molar-refractivity contribution >= 4 is 0 Å². The van der Waals surface area contributed by atoms with Gasteiger partial charge in [0.25, 0.3) is 0 Å². The Kier molecular flexibility index (Phi) is 4.90. The molecule has 27 heavy (non-hydrogen) atoms. The molecular weight excluding hydrogens is 330 g/mol. The average molecular weight is 360 g/mol. The van der Waals surface area contributed by atoms with Crippen LogP contribution >= 0.6 is 0 Å². The molecule has 3 aromatic rings. The molecule has 0 spiro atoms. The van der Waals surface area contributed by atoms with Crippen LogP contribution in [0.15, 0.2) is 48.5 Å². The lowest BCUT2D eigenvalue weighted by molar-refractivity contribution is 0.591. The van der Waals surface area contributed by atoms with Crippen LogP contribution in [-0.2, 0) is 10.8 Å². The van der Waals surface area contributed by atoms with Crippen molar-refractivity contribution in [2.75, 3.05) is 0 Å².